The number of hydrogen-bond donors (Lipinski definition) is 0. The quantitative estimate of drug-likeness (QED) is 0.454. The standard InChI is InChI=1S/C14H18N2O5/c1-4-15(8-7-13(17)21-3)14(18)11-5-6-12(16(19)20)10(2)9-11/h5-6,9H,4,7-8H2,1-3H3. The molecular weight excluding hydrogens is 276 g/mol. The number of nitro benzene ring substituents is 1. The number of aryl methyl sites for hydroxylation is 1. The van der Waals surface area contributed by atoms with Crippen molar-refractivity contribution in [1.82, 2.24) is 4.90 Å². The molecule has 0 N–H and O–H groups in total. The Morgan fingerprint density at radius 2 is 2.05 bits per heavy atom. The molecule has 0 aromatic heterocycles. The highest BCUT2D eigenvalue weighted by atomic mass is 16.6. The van der Waals surface area contributed by atoms with Crippen LogP contribution in [0.5, 0.6) is 0 Å². The monoisotopic (exact) mass is 294 g/mol. The van der Waals surface area contributed by atoms with Gasteiger partial charge in [0.1, 0.15) is 0 Å². The molecule has 0 heterocycles. The van der Waals surface area contributed by atoms with Gasteiger partial charge in [-0.25, -0.2) is 0 Å². The second-order valence-corrected chi connectivity index (χ2v) is 4.47. The van der Waals surface area contributed by atoms with Gasteiger partial charge in [-0.2, -0.15) is 0 Å². The largest absolute Gasteiger partial charge is 0.469 e. The minimum atomic E-state index is -0.488. The molecule has 0 aliphatic rings. The van der Waals surface area contributed by atoms with Crippen molar-refractivity contribution in [1.29, 1.82) is 0 Å². The lowest BCUT2D eigenvalue weighted by molar-refractivity contribution is -0.385. The molecule has 1 aromatic rings. The van der Waals surface area contributed by atoms with Gasteiger partial charge >= 0.3 is 5.97 Å². The molecule has 21 heavy (non-hydrogen) atoms. The molecule has 0 saturated heterocycles. The lowest BCUT2D eigenvalue weighted by Gasteiger charge is -2.20. The number of nitro groups is 1. The maximum atomic E-state index is 12.3. The first kappa shape index (κ1) is 16.6. The Morgan fingerprint density at radius 3 is 2.52 bits per heavy atom. The molecule has 1 aromatic carbocycles. The minimum absolute atomic E-state index is 0.0239. The number of benzene rings is 1. The third kappa shape index (κ3) is 4.27. The smallest absolute Gasteiger partial charge is 0.307 e. The van der Waals surface area contributed by atoms with Gasteiger partial charge in [0.25, 0.3) is 11.6 Å². The summed E-state index contributed by atoms with van der Waals surface area (Å²) in [5.74, 6) is -0.652. The summed E-state index contributed by atoms with van der Waals surface area (Å²) in [5, 5.41) is 10.8. The van der Waals surface area contributed by atoms with E-state index < -0.39 is 4.92 Å². The molecule has 0 radical (unpaired) electrons. The van der Waals surface area contributed by atoms with Crippen LogP contribution in [0.3, 0.4) is 0 Å². The van der Waals surface area contributed by atoms with Crippen LogP contribution in [0.2, 0.25) is 0 Å². The molecule has 0 aliphatic carbocycles. The van der Waals surface area contributed by atoms with Crippen molar-refractivity contribution in [2.24, 2.45) is 0 Å². The van der Waals surface area contributed by atoms with Crippen LogP contribution in [0.4, 0.5) is 5.69 Å². The Bertz CT molecular complexity index is 556. The van der Waals surface area contributed by atoms with Gasteiger partial charge in [0, 0.05) is 30.3 Å². The number of esters is 1. The molecule has 0 saturated carbocycles. The van der Waals surface area contributed by atoms with Gasteiger partial charge in [-0.3, -0.25) is 19.7 Å². The molecule has 1 rings (SSSR count). The molecule has 7 heteroatoms. The van der Waals surface area contributed by atoms with E-state index in [2.05, 4.69) is 4.74 Å². The van der Waals surface area contributed by atoms with Crippen molar-refractivity contribution in [3.63, 3.8) is 0 Å². The molecule has 0 fully saturated rings. The summed E-state index contributed by atoms with van der Waals surface area (Å²) in [6, 6.07) is 4.23. The fourth-order valence-corrected chi connectivity index (χ4v) is 1.91. The van der Waals surface area contributed by atoms with Gasteiger partial charge in [-0.1, -0.05) is 0 Å². The zero-order valence-corrected chi connectivity index (χ0v) is 12.3. The predicted molar refractivity (Wildman–Crippen MR) is 76.0 cm³/mol. The second-order valence-electron chi connectivity index (χ2n) is 4.47. The Kier molecular flexibility index (Phi) is 5.83. The number of rotatable bonds is 6. The SMILES string of the molecule is CCN(CCC(=O)OC)C(=O)c1ccc([N+](=O)[O-])c(C)c1. The Balaban J connectivity index is 2.87. The predicted octanol–water partition coefficient (Wildman–Crippen LogP) is 1.93. The Labute approximate surface area is 122 Å². The number of carbonyl (C=O) groups is 2. The molecule has 0 bridgehead atoms. The van der Waals surface area contributed by atoms with E-state index in [0.29, 0.717) is 17.7 Å². The van der Waals surface area contributed by atoms with Crippen molar-refractivity contribution in [2.45, 2.75) is 20.3 Å². The van der Waals surface area contributed by atoms with Crippen molar-refractivity contribution >= 4 is 17.6 Å². The minimum Gasteiger partial charge on any atom is -0.469 e. The summed E-state index contributed by atoms with van der Waals surface area (Å²) < 4.78 is 4.54. The van der Waals surface area contributed by atoms with Crippen molar-refractivity contribution in [3.05, 3.63) is 39.4 Å². The highest BCUT2D eigenvalue weighted by Crippen LogP contribution is 2.19. The molecule has 0 spiro atoms. The lowest BCUT2D eigenvalue weighted by atomic mass is 10.1. The van der Waals surface area contributed by atoms with E-state index >= 15 is 0 Å². The third-order valence-electron chi connectivity index (χ3n) is 3.12. The van der Waals surface area contributed by atoms with E-state index in [4.69, 9.17) is 0 Å². The van der Waals surface area contributed by atoms with E-state index in [1.165, 1.54) is 30.2 Å². The number of amides is 1. The first-order chi connectivity index (χ1) is 9.90. The van der Waals surface area contributed by atoms with Crippen LogP contribution in [0.25, 0.3) is 0 Å². The first-order valence-electron chi connectivity index (χ1n) is 6.51. The van der Waals surface area contributed by atoms with Gasteiger partial charge in [-0.05, 0) is 26.0 Å². The summed E-state index contributed by atoms with van der Waals surface area (Å²) in [6.45, 7) is 4.07. The zero-order chi connectivity index (χ0) is 16.0. The van der Waals surface area contributed by atoms with Crippen LogP contribution in [-0.2, 0) is 9.53 Å². The molecule has 0 atom stereocenters. The maximum absolute atomic E-state index is 12.3. The fourth-order valence-electron chi connectivity index (χ4n) is 1.91. The van der Waals surface area contributed by atoms with Gasteiger partial charge < -0.3 is 9.64 Å². The van der Waals surface area contributed by atoms with Crippen LogP contribution >= 0.6 is 0 Å². The maximum Gasteiger partial charge on any atom is 0.307 e. The number of ether oxygens (including phenoxy) is 1. The topological polar surface area (TPSA) is 89.8 Å². The van der Waals surface area contributed by atoms with Crippen LogP contribution < -0.4 is 0 Å². The summed E-state index contributed by atoms with van der Waals surface area (Å²) in [7, 11) is 1.29. The Morgan fingerprint density at radius 1 is 1.38 bits per heavy atom. The fraction of sp³-hybridized carbons (Fsp3) is 0.429. The van der Waals surface area contributed by atoms with E-state index in [9.17, 15) is 19.7 Å². The third-order valence-corrected chi connectivity index (χ3v) is 3.12. The van der Waals surface area contributed by atoms with Crippen LogP contribution in [0.1, 0.15) is 29.3 Å². The molecule has 1 amide bonds. The molecule has 7 nitrogen and oxygen atoms in total. The molecule has 0 unspecified atom stereocenters. The normalized spacial score (nSPS) is 10.0. The highest BCUT2D eigenvalue weighted by Gasteiger charge is 2.18. The van der Waals surface area contributed by atoms with Crippen LogP contribution in [0, 0.1) is 17.0 Å². The molecule has 114 valence electrons. The van der Waals surface area contributed by atoms with Gasteiger partial charge in [0.05, 0.1) is 18.5 Å². The summed E-state index contributed by atoms with van der Waals surface area (Å²) >= 11 is 0. The van der Waals surface area contributed by atoms with E-state index in [-0.39, 0.29) is 30.5 Å². The van der Waals surface area contributed by atoms with Crippen LogP contribution in [0.15, 0.2) is 18.2 Å². The summed E-state index contributed by atoms with van der Waals surface area (Å²) in [5.41, 5.74) is 0.767. The zero-order valence-electron chi connectivity index (χ0n) is 12.3. The van der Waals surface area contributed by atoms with Crippen LogP contribution in [-0.4, -0.2) is 41.9 Å². The molecular formula is C14H18N2O5. The number of carbonyl (C=O) groups excluding carboxylic acids is 2. The van der Waals surface area contributed by atoms with Crippen molar-refractivity contribution in [2.75, 3.05) is 20.2 Å². The average molecular weight is 294 g/mol. The highest BCUT2D eigenvalue weighted by molar-refractivity contribution is 5.95. The number of nitrogens with zero attached hydrogens (tertiary/aromatic N) is 2. The summed E-state index contributed by atoms with van der Waals surface area (Å²) in [4.78, 5) is 35.2. The second kappa shape index (κ2) is 7.37. The number of methoxy groups -OCH3 is 1. The van der Waals surface area contributed by atoms with Gasteiger partial charge in [0.15, 0.2) is 0 Å². The van der Waals surface area contributed by atoms with E-state index in [1.54, 1.807) is 13.8 Å². The summed E-state index contributed by atoms with van der Waals surface area (Å²) in [6.07, 6.45) is 0.113. The molecule has 0 aliphatic heterocycles. The van der Waals surface area contributed by atoms with Gasteiger partial charge in [0.2, 0.25) is 0 Å². The van der Waals surface area contributed by atoms with E-state index in [0.717, 1.165) is 0 Å². The van der Waals surface area contributed by atoms with E-state index in [1.807, 2.05) is 0 Å². The van der Waals surface area contributed by atoms with Crippen molar-refractivity contribution in [3.8, 4) is 0 Å². The van der Waals surface area contributed by atoms with Crippen molar-refractivity contribution < 1.29 is 19.2 Å². The first-order valence-corrected chi connectivity index (χ1v) is 6.51. The lowest BCUT2D eigenvalue weighted by Crippen LogP contribution is -2.33. The number of hydrogen-bond acceptors (Lipinski definition) is 5. The Hall–Kier alpha value is -2.44. The van der Waals surface area contributed by atoms with Gasteiger partial charge in [-0.15, -0.1) is 0 Å². The average Bonchev–Trinajstić information content (AvgIpc) is 2.46.